The number of benzene rings is 2. The molecule has 3 aromatic rings. The number of ether oxygens (including phenoxy) is 1. The van der Waals surface area contributed by atoms with Gasteiger partial charge < -0.3 is 9.15 Å². The van der Waals surface area contributed by atoms with Gasteiger partial charge in [-0.2, -0.15) is 0 Å². The van der Waals surface area contributed by atoms with Crippen LogP contribution in [0.25, 0.3) is 11.3 Å². The maximum atomic E-state index is 12.1. The van der Waals surface area contributed by atoms with Gasteiger partial charge in [-0.3, -0.25) is 9.59 Å². The van der Waals surface area contributed by atoms with E-state index in [1.165, 1.54) is 0 Å². The van der Waals surface area contributed by atoms with Gasteiger partial charge in [0.05, 0.1) is 12.6 Å². The number of esters is 1. The number of ketones is 1. The summed E-state index contributed by atoms with van der Waals surface area (Å²) < 4.78 is 10.7. The van der Waals surface area contributed by atoms with Crippen molar-refractivity contribution in [2.24, 2.45) is 0 Å². The smallest absolute Gasteiger partial charge is 0.306 e. The van der Waals surface area contributed by atoms with Crippen molar-refractivity contribution in [3.05, 3.63) is 76.8 Å². The Bertz CT molecular complexity index is 930. The molecule has 138 valence electrons. The molecule has 0 spiro atoms. The molecule has 1 heterocycles. The molecule has 0 aliphatic heterocycles. The van der Waals surface area contributed by atoms with E-state index in [1.807, 2.05) is 31.2 Å². The largest absolute Gasteiger partial charge is 0.456 e. The Balaban J connectivity index is 1.47. The Labute approximate surface area is 161 Å². The summed E-state index contributed by atoms with van der Waals surface area (Å²) in [7, 11) is 0. The second kappa shape index (κ2) is 8.64. The molecular weight excluding hydrogens is 366 g/mol. The third-order valence-corrected chi connectivity index (χ3v) is 4.22. The molecule has 0 saturated heterocycles. The number of hydrogen-bond acceptors (Lipinski definition) is 5. The highest BCUT2D eigenvalue weighted by Gasteiger charge is 2.12. The maximum absolute atomic E-state index is 12.1. The topological polar surface area (TPSA) is 69.4 Å². The van der Waals surface area contributed by atoms with E-state index in [-0.39, 0.29) is 31.1 Å². The quantitative estimate of drug-likeness (QED) is 0.423. The average molecular weight is 384 g/mol. The molecule has 6 heteroatoms. The minimum absolute atomic E-state index is 0.0114. The third kappa shape index (κ3) is 5.28. The molecule has 0 unspecified atom stereocenters. The summed E-state index contributed by atoms with van der Waals surface area (Å²) in [5.41, 5.74) is 2.50. The summed E-state index contributed by atoms with van der Waals surface area (Å²) in [6, 6.07) is 14.4. The van der Waals surface area contributed by atoms with Gasteiger partial charge in [-0.1, -0.05) is 41.4 Å². The predicted octanol–water partition coefficient (Wildman–Crippen LogP) is 5.01. The number of rotatable bonds is 7. The van der Waals surface area contributed by atoms with Crippen LogP contribution in [-0.2, 0) is 16.1 Å². The molecule has 0 aliphatic carbocycles. The normalized spacial score (nSPS) is 10.6. The van der Waals surface area contributed by atoms with Crippen molar-refractivity contribution >= 4 is 23.4 Å². The van der Waals surface area contributed by atoms with Crippen molar-refractivity contribution < 1.29 is 18.7 Å². The van der Waals surface area contributed by atoms with Gasteiger partial charge >= 0.3 is 5.97 Å². The highest BCUT2D eigenvalue weighted by Crippen LogP contribution is 2.22. The number of aromatic nitrogens is 1. The summed E-state index contributed by atoms with van der Waals surface area (Å²) in [5, 5.41) is 0.632. The second-order valence-electron chi connectivity index (χ2n) is 6.08. The Morgan fingerprint density at radius 2 is 1.74 bits per heavy atom. The Kier molecular flexibility index (Phi) is 6.04. The zero-order valence-electron chi connectivity index (χ0n) is 14.8. The van der Waals surface area contributed by atoms with Crippen LogP contribution in [0.5, 0.6) is 0 Å². The number of halogens is 1. The van der Waals surface area contributed by atoms with Gasteiger partial charge in [-0.05, 0) is 31.2 Å². The van der Waals surface area contributed by atoms with E-state index in [0.29, 0.717) is 16.3 Å². The van der Waals surface area contributed by atoms with Gasteiger partial charge in [0.2, 0.25) is 5.89 Å². The lowest BCUT2D eigenvalue weighted by molar-refractivity contribution is -0.145. The fourth-order valence-corrected chi connectivity index (χ4v) is 2.56. The molecule has 3 rings (SSSR count). The highest BCUT2D eigenvalue weighted by molar-refractivity contribution is 6.30. The van der Waals surface area contributed by atoms with E-state index < -0.39 is 5.97 Å². The number of Topliss-reactive ketones (excluding diaryl/α,β-unsaturated/α-hetero) is 1. The number of carbonyl (C=O) groups is 2. The van der Waals surface area contributed by atoms with Crippen LogP contribution in [0, 0.1) is 6.92 Å². The van der Waals surface area contributed by atoms with Gasteiger partial charge in [-0.15, -0.1) is 0 Å². The highest BCUT2D eigenvalue weighted by atomic mass is 35.5. The fourth-order valence-electron chi connectivity index (χ4n) is 2.44. The summed E-state index contributed by atoms with van der Waals surface area (Å²) >= 11 is 5.86. The molecule has 0 radical (unpaired) electrons. The zero-order chi connectivity index (χ0) is 19.2. The molecule has 2 aromatic carbocycles. The molecule has 0 aliphatic rings. The first-order valence-corrected chi connectivity index (χ1v) is 8.85. The van der Waals surface area contributed by atoms with Crippen LogP contribution in [0.4, 0.5) is 0 Å². The van der Waals surface area contributed by atoms with Crippen LogP contribution in [0.15, 0.2) is 59.1 Å². The van der Waals surface area contributed by atoms with Crippen LogP contribution >= 0.6 is 11.6 Å². The van der Waals surface area contributed by atoms with Gasteiger partial charge in [0.15, 0.2) is 18.2 Å². The van der Waals surface area contributed by atoms with Crippen LogP contribution in [0.1, 0.15) is 34.7 Å². The first-order valence-electron chi connectivity index (χ1n) is 8.47. The molecule has 0 bridgehead atoms. The first-order chi connectivity index (χ1) is 13.0. The van der Waals surface area contributed by atoms with E-state index in [0.717, 1.165) is 11.1 Å². The van der Waals surface area contributed by atoms with E-state index in [9.17, 15) is 9.59 Å². The second-order valence-corrected chi connectivity index (χ2v) is 6.51. The molecule has 0 fully saturated rings. The van der Waals surface area contributed by atoms with Gasteiger partial charge in [0.25, 0.3) is 0 Å². The molecule has 5 nitrogen and oxygen atoms in total. The monoisotopic (exact) mass is 383 g/mol. The minimum atomic E-state index is -0.471. The first kappa shape index (κ1) is 18.9. The Morgan fingerprint density at radius 1 is 1.04 bits per heavy atom. The van der Waals surface area contributed by atoms with Crippen LogP contribution < -0.4 is 0 Å². The number of aryl methyl sites for hydroxylation is 1. The molecule has 1 aromatic heterocycles. The van der Waals surface area contributed by atoms with Crippen molar-refractivity contribution in [1.82, 2.24) is 4.98 Å². The number of hydrogen-bond donors (Lipinski definition) is 0. The number of oxazole rings is 1. The maximum Gasteiger partial charge on any atom is 0.306 e. The molecular formula is C21H18ClNO4. The molecule has 0 amide bonds. The van der Waals surface area contributed by atoms with E-state index in [2.05, 4.69) is 4.98 Å². The van der Waals surface area contributed by atoms with Crippen molar-refractivity contribution in [2.75, 3.05) is 0 Å². The Morgan fingerprint density at radius 3 is 2.44 bits per heavy atom. The van der Waals surface area contributed by atoms with Gasteiger partial charge in [-0.25, -0.2) is 4.98 Å². The fraction of sp³-hybridized carbons (Fsp3) is 0.190. The molecule has 0 saturated carbocycles. The standard InChI is InChI=1S/C21H18ClNO4/c1-14-2-4-15(5-3-14)18(24)10-11-21(25)26-13-20-23-12-19(27-20)16-6-8-17(22)9-7-16/h2-9,12H,10-11,13H2,1H3. The predicted molar refractivity (Wildman–Crippen MR) is 101 cm³/mol. The SMILES string of the molecule is Cc1ccc(C(=O)CCC(=O)OCc2ncc(-c3ccc(Cl)cc3)o2)cc1. The summed E-state index contributed by atoms with van der Waals surface area (Å²) in [6.07, 6.45) is 1.67. The summed E-state index contributed by atoms with van der Waals surface area (Å²) in [4.78, 5) is 28.0. The molecule has 0 N–H and O–H groups in total. The van der Waals surface area contributed by atoms with Crippen LogP contribution in [0.2, 0.25) is 5.02 Å². The average Bonchev–Trinajstić information content (AvgIpc) is 3.14. The van der Waals surface area contributed by atoms with E-state index in [4.69, 9.17) is 20.8 Å². The number of carbonyl (C=O) groups excluding carboxylic acids is 2. The van der Waals surface area contributed by atoms with Crippen molar-refractivity contribution in [3.63, 3.8) is 0 Å². The summed E-state index contributed by atoms with van der Waals surface area (Å²) in [5.74, 6) is 0.292. The van der Waals surface area contributed by atoms with Crippen molar-refractivity contribution in [3.8, 4) is 11.3 Å². The minimum Gasteiger partial charge on any atom is -0.456 e. The molecule has 0 atom stereocenters. The third-order valence-electron chi connectivity index (χ3n) is 3.97. The lowest BCUT2D eigenvalue weighted by Crippen LogP contribution is -2.08. The van der Waals surface area contributed by atoms with Crippen LogP contribution in [0.3, 0.4) is 0 Å². The van der Waals surface area contributed by atoms with Crippen LogP contribution in [-0.4, -0.2) is 16.7 Å². The van der Waals surface area contributed by atoms with Crippen molar-refractivity contribution in [2.45, 2.75) is 26.4 Å². The zero-order valence-corrected chi connectivity index (χ0v) is 15.5. The Hall–Kier alpha value is -2.92. The lowest BCUT2D eigenvalue weighted by Gasteiger charge is -2.03. The van der Waals surface area contributed by atoms with E-state index >= 15 is 0 Å². The number of nitrogens with zero attached hydrogens (tertiary/aromatic N) is 1. The van der Waals surface area contributed by atoms with Crippen molar-refractivity contribution in [1.29, 1.82) is 0 Å². The lowest BCUT2D eigenvalue weighted by atomic mass is 10.1. The summed E-state index contributed by atoms with van der Waals surface area (Å²) in [6.45, 7) is 1.87. The molecule has 27 heavy (non-hydrogen) atoms. The van der Waals surface area contributed by atoms with Gasteiger partial charge in [0, 0.05) is 22.6 Å². The van der Waals surface area contributed by atoms with E-state index in [1.54, 1.807) is 30.5 Å². The van der Waals surface area contributed by atoms with Gasteiger partial charge in [0.1, 0.15) is 0 Å².